The number of rotatable bonds is 6. The van der Waals surface area contributed by atoms with Crippen molar-refractivity contribution in [2.24, 2.45) is 5.73 Å². The van der Waals surface area contributed by atoms with Gasteiger partial charge in [-0.1, -0.05) is 19.3 Å². The van der Waals surface area contributed by atoms with E-state index in [1.807, 2.05) is 7.05 Å². The highest BCUT2D eigenvalue weighted by Crippen LogP contribution is 2.30. The zero-order valence-electron chi connectivity index (χ0n) is 12.4. The van der Waals surface area contributed by atoms with Gasteiger partial charge < -0.3 is 16.4 Å². The fraction of sp³-hybridized carbons (Fsp3) is 0.643. The van der Waals surface area contributed by atoms with Gasteiger partial charge in [-0.2, -0.15) is 5.10 Å². The van der Waals surface area contributed by atoms with E-state index < -0.39 is 5.91 Å². The van der Waals surface area contributed by atoms with Crippen molar-refractivity contribution < 1.29 is 9.59 Å². The fourth-order valence-corrected chi connectivity index (χ4v) is 2.93. The third kappa shape index (κ3) is 4.29. The second-order valence-electron chi connectivity index (χ2n) is 5.71. The first kappa shape index (κ1) is 15.5. The number of nitrogens with zero attached hydrogens (tertiary/aromatic N) is 2. The third-order valence-corrected chi connectivity index (χ3v) is 4.07. The Labute approximate surface area is 124 Å². The number of aromatic nitrogens is 2. The Kier molecular flexibility index (Phi) is 4.95. The predicted octanol–water partition coefficient (Wildman–Crippen LogP) is 0.619. The van der Waals surface area contributed by atoms with Crippen LogP contribution in [0.3, 0.4) is 0 Å². The lowest BCUT2D eigenvalue weighted by molar-refractivity contribution is -0.119. The molecule has 0 aromatic carbocycles. The molecule has 1 aliphatic rings. The molecule has 21 heavy (non-hydrogen) atoms. The maximum Gasteiger partial charge on any atom is 0.239 e. The van der Waals surface area contributed by atoms with Crippen LogP contribution in [0.15, 0.2) is 12.4 Å². The highest BCUT2D eigenvalue weighted by Gasteiger charge is 2.32. The van der Waals surface area contributed by atoms with Crippen molar-refractivity contribution in [3.63, 3.8) is 0 Å². The minimum absolute atomic E-state index is 0.0102. The van der Waals surface area contributed by atoms with E-state index in [0.29, 0.717) is 12.1 Å². The maximum absolute atomic E-state index is 12.2. The molecule has 1 aromatic heterocycles. The Bertz CT molecular complexity index is 505. The van der Waals surface area contributed by atoms with Crippen LogP contribution in [0.4, 0.5) is 5.69 Å². The minimum atomic E-state index is -0.465. The van der Waals surface area contributed by atoms with E-state index in [0.717, 1.165) is 25.7 Å². The van der Waals surface area contributed by atoms with Gasteiger partial charge in [-0.15, -0.1) is 0 Å². The second-order valence-corrected chi connectivity index (χ2v) is 5.71. The minimum Gasteiger partial charge on any atom is -0.368 e. The predicted molar refractivity (Wildman–Crippen MR) is 79.5 cm³/mol. The van der Waals surface area contributed by atoms with Gasteiger partial charge >= 0.3 is 0 Å². The molecule has 1 heterocycles. The molecule has 0 radical (unpaired) electrons. The lowest BCUT2D eigenvalue weighted by atomic mass is 9.79. The first-order valence-electron chi connectivity index (χ1n) is 7.32. The molecule has 1 saturated carbocycles. The van der Waals surface area contributed by atoms with Gasteiger partial charge in [0.15, 0.2) is 0 Å². The molecule has 1 fully saturated rings. The quantitative estimate of drug-likeness (QED) is 0.715. The number of amides is 2. The molecule has 1 aliphatic carbocycles. The normalized spacial score (nSPS) is 17.4. The number of anilines is 1. The summed E-state index contributed by atoms with van der Waals surface area (Å²) in [6.45, 7) is 0.0102. The van der Waals surface area contributed by atoms with E-state index in [2.05, 4.69) is 15.7 Å². The van der Waals surface area contributed by atoms with Gasteiger partial charge in [0.25, 0.3) is 0 Å². The average molecular weight is 293 g/mol. The summed E-state index contributed by atoms with van der Waals surface area (Å²) >= 11 is 0. The van der Waals surface area contributed by atoms with Crippen molar-refractivity contribution in [1.82, 2.24) is 15.1 Å². The summed E-state index contributed by atoms with van der Waals surface area (Å²) in [4.78, 5) is 23.0. The Hall–Kier alpha value is -1.89. The summed E-state index contributed by atoms with van der Waals surface area (Å²) in [6, 6.07) is 0. The molecule has 0 saturated heterocycles. The molecule has 116 valence electrons. The number of primary amides is 1. The Morgan fingerprint density at radius 1 is 1.38 bits per heavy atom. The summed E-state index contributed by atoms with van der Waals surface area (Å²) < 4.78 is 1.41. The van der Waals surface area contributed by atoms with Crippen LogP contribution in [0.5, 0.6) is 0 Å². The van der Waals surface area contributed by atoms with Crippen molar-refractivity contribution >= 4 is 17.5 Å². The van der Waals surface area contributed by atoms with Crippen LogP contribution in [-0.2, 0) is 16.1 Å². The molecule has 4 N–H and O–H groups in total. The van der Waals surface area contributed by atoms with Gasteiger partial charge in [0.1, 0.15) is 6.54 Å². The number of nitrogens with two attached hydrogens (primary N) is 1. The van der Waals surface area contributed by atoms with E-state index in [-0.39, 0.29) is 18.0 Å². The molecular formula is C14H23N5O2. The van der Waals surface area contributed by atoms with Crippen LogP contribution in [0, 0.1) is 0 Å². The van der Waals surface area contributed by atoms with Crippen molar-refractivity contribution in [3.05, 3.63) is 12.4 Å². The highest BCUT2D eigenvalue weighted by atomic mass is 16.2. The number of hydrogen-bond donors (Lipinski definition) is 3. The van der Waals surface area contributed by atoms with Crippen molar-refractivity contribution in [2.45, 2.75) is 50.6 Å². The second kappa shape index (κ2) is 6.71. The van der Waals surface area contributed by atoms with E-state index in [1.165, 1.54) is 17.3 Å². The lowest BCUT2D eigenvalue weighted by Gasteiger charge is -2.36. The standard InChI is InChI=1S/C14H23N5O2/c1-16-14(5-3-2-4-6-14)7-13(21)18-11-8-17-19(9-11)10-12(15)20/h8-9,16H,2-7,10H2,1H3,(H2,15,20)(H,18,21). The topological polar surface area (TPSA) is 102 Å². The molecular weight excluding hydrogens is 270 g/mol. The summed E-state index contributed by atoms with van der Waals surface area (Å²) in [5, 5.41) is 10.1. The van der Waals surface area contributed by atoms with Gasteiger partial charge in [-0.3, -0.25) is 14.3 Å². The number of hydrogen-bond acceptors (Lipinski definition) is 4. The highest BCUT2D eigenvalue weighted by molar-refractivity contribution is 5.91. The molecule has 0 spiro atoms. The molecule has 1 aromatic rings. The maximum atomic E-state index is 12.2. The zero-order valence-corrected chi connectivity index (χ0v) is 12.4. The average Bonchev–Trinajstić information content (AvgIpc) is 2.85. The van der Waals surface area contributed by atoms with Crippen LogP contribution in [0.25, 0.3) is 0 Å². The molecule has 2 rings (SSSR count). The SMILES string of the molecule is CNC1(CC(=O)Nc2cnn(CC(N)=O)c2)CCCCC1. The Morgan fingerprint density at radius 2 is 2.10 bits per heavy atom. The molecule has 0 aliphatic heterocycles. The van der Waals surface area contributed by atoms with Gasteiger partial charge in [-0.05, 0) is 19.9 Å². The van der Waals surface area contributed by atoms with Crippen molar-refractivity contribution in [3.8, 4) is 0 Å². The molecule has 0 bridgehead atoms. The fourth-order valence-electron chi connectivity index (χ4n) is 2.93. The number of carbonyl (C=O) groups excluding carboxylic acids is 2. The molecule has 0 unspecified atom stereocenters. The van der Waals surface area contributed by atoms with E-state index >= 15 is 0 Å². The number of nitrogens with one attached hydrogen (secondary N) is 2. The first-order valence-corrected chi connectivity index (χ1v) is 7.32. The smallest absolute Gasteiger partial charge is 0.239 e. The van der Waals surface area contributed by atoms with Crippen LogP contribution < -0.4 is 16.4 Å². The van der Waals surface area contributed by atoms with Crippen molar-refractivity contribution in [2.75, 3.05) is 12.4 Å². The van der Waals surface area contributed by atoms with Crippen LogP contribution in [0.2, 0.25) is 0 Å². The van der Waals surface area contributed by atoms with E-state index in [4.69, 9.17) is 5.73 Å². The van der Waals surface area contributed by atoms with Gasteiger partial charge in [0, 0.05) is 18.2 Å². The lowest BCUT2D eigenvalue weighted by Crippen LogP contribution is -2.47. The van der Waals surface area contributed by atoms with Gasteiger partial charge in [0.05, 0.1) is 11.9 Å². The van der Waals surface area contributed by atoms with Crippen LogP contribution >= 0.6 is 0 Å². The molecule has 2 amide bonds. The summed E-state index contributed by atoms with van der Waals surface area (Å²) in [5.41, 5.74) is 5.59. The van der Waals surface area contributed by atoms with Crippen LogP contribution in [0.1, 0.15) is 38.5 Å². The van der Waals surface area contributed by atoms with Gasteiger partial charge in [0.2, 0.25) is 11.8 Å². The molecule has 7 nitrogen and oxygen atoms in total. The van der Waals surface area contributed by atoms with Crippen molar-refractivity contribution in [1.29, 1.82) is 0 Å². The zero-order chi connectivity index (χ0) is 15.3. The summed E-state index contributed by atoms with van der Waals surface area (Å²) in [5.74, 6) is -0.503. The number of carbonyl (C=O) groups is 2. The monoisotopic (exact) mass is 293 g/mol. The largest absolute Gasteiger partial charge is 0.368 e. The Morgan fingerprint density at radius 3 is 2.71 bits per heavy atom. The summed E-state index contributed by atoms with van der Waals surface area (Å²) in [6.07, 6.45) is 9.18. The van der Waals surface area contributed by atoms with E-state index in [1.54, 1.807) is 6.20 Å². The third-order valence-electron chi connectivity index (χ3n) is 4.07. The van der Waals surface area contributed by atoms with Gasteiger partial charge in [-0.25, -0.2) is 0 Å². The molecule has 7 heteroatoms. The first-order chi connectivity index (χ1) is 10.0. The van der Waals surface area contributed by atoms with E-state index in [9.17, 15) is 9.59 Å². The Balaban J connectivity index is 1.91. The summed E-state index contributed by atoms with van der Waals surface area (Å²) in [7, 11) is 1.92. The van der Waals surface area contributed by atoms with Crippen LogP contribution in [-0.4, -0.2) is 34.2 Å². The molecule has 0 atom stereocenters.